The van der Waals surface area contributed by atoms with Crippen molar-refractivity contribution in [2.75, 3.05) is 46.8 Å². The fourth-order valence-electron chi connectivity index (χ4n) is 3.63. The van der Waals surface area contributed by atoms with Crippen LogP contribution < -0.4 is 5.32 Å². The first-order valence-electron chi connectivity index (χ1n) is 8.57. The quantitative estimate of drug-likeness (QED) is 0.800. The smallest absolute Gasteiger partial charge is 0.319 e. The lowest BCUT2D eigenvalue weighted by atomic mass is 9.86. The highest BCUT2D eigenvalue weighted by atomic mass is 35.5. The van der Waals surface area contributed by atoms with Gasteiger partial charge in [0.05, 0.1) is 0 Å². The molecule has 2 aliphatic rings. The van der Waals surface area contributed by atoms with Crippen LogP contribution >= 0.6 is 11.6 Å². The second-order valence-electron chi connectivity index (χ2n) is 7.29. The molecule has 2 heterocycles. The van der Waals surface area contributed by atoms with E-state index >= 15 is 0 Å². The summed E-state index contributed by atoms with van der Waals surface area (Å²) in [6, 6.07) is 6.66. The van der Waals surface area contributed by atoms with Gasteiger partial charge in [0.1, 0.15) is 0 Å². The molecular weight excluding hydrogens is 356 g/mol. The van der Waals surface area contributed by atoms with Crippen molar-refractivity contribution in [2.45, 2.75) is 6.42 Å². The molecule has 0 bridgehead atoms. The molecule has 0 unspecified atom stereocenters. The van der Waals surface area contributed by atoms with Crippen LogP contribution in [0.25, 0.3) is 0 Å². The van der Waals surface area contributed by atoms with Gasteiger partial charge in [-0.25, -0.2) is 4.79 Å². The predicted molar refractivity (Wildman–Crippen MR) is 98.1 cm³/mol. The topological polar surface area (TPSA) is 73.0 Å². The summed E-state index contributed by atoms with van der Waals surface area (Å²) in [5.41, 5.74) is 0.0932. The van der Waals surface area contributed by atoms with Gasteiger partial charge in [0.15, 0.2) is 0 Å². The zero-order valence-electron chi connectivity index (χ0n) is 15.0. The number of carbonyl (C=O) groups is 3. The molecule has 140 valence electrons. The van der Waals surface area contributed by atoms with Crippen LogP contribution in [0.4, 0.5) is 4.79 Å². The number of hydrogen-bond acceptors (Lipinski definition) is 3. The monoisotopic (exact) mass is 378 g/mol. The van der Waals surface area contributed by atoms with Gasteiger partial charge >= 0.3 is 6.03 Å². The Kier molecular flexibility index (Phi) is 5.09. The molecule has 0 aliphatic carbocycles. The first-order chi connectivity index (χ1) is 12.3. The van der Waals surface area contributed by atoms with E-state index in [0.717, 1.165) is 0 Å². The highest BCUT2D eigenvalue weighted by Gasteiger charge is 2.45. The number of carbonyl (C=O) groups excluding carboxylic acids is 3. The summed E-state index contributed by atoms with van der Waals surface area (Å²) in [6.45, 7) is 2.22. The van der Waals surface area contributed by atoms with Gasteiger partial charge in [-0.1, -0.05) is 11.6 Å². The summed E-state index contributed by atoms with van der Waals surface area (Å²) in [4.78, 5) is 42.3. The van der Waals surface area contributed by atoms with Crippen molar-refractivity contribution in [3.05, 3.63) is 34.9 Å². The van der Waals surface area contributed by atoms with Crippen LogP contribution in [0.5, 0.6) is 0 Å². The standard InChI is InChI=1S/C18H23ClN4O3/c1-21(2)17(26)23-8-7-22(11-18(12-23)9-15(24)20-10-18)16(25)13-3-5-14(19)6-4-13/h3-6H,7-12H2,1-2H3,(H,20,24)/t18-/m0/s1. The molecular formula is C18H23ClN4O3. The van der Waals surface area contributed by atoms with Crippen molar-refractivity contribution >= 4 is 29.4 Å². The maximum Gasteiger partial charge on any atom is 0.319 e. The Morgan fingerprint density at radius 3 is 2.31 bits per heavy atom. The van der Waals surface area contributed by atoms with Crippen LogP contribution in [0.3, 0.4) is 0 Å². The molecule has 0 radical (unpaired) electrons. The van der Waals surface area contributed by atoms with E-state index in [1.807, 2.05) is 0 Å². The average Bonchev–Trinajstić information content (AvgIpc) is 2.85. The fourth-order valence-corrected chi connectivity index (χ4v) is 3.76. The number of benzene rings is 1. The highest BCUT2D eigenvalue weighted by Crippen LogP contribution is 2.31. The molecule has 2 saturated heterocycles. The molecule has 3 rings (SSSR count). The van der Waals surface area contributed by atoms with Gasteiger partial charge in [0, 0.05) is 69.2 Å². The lowest BCUT2D eigenvalue weighted by molar-refractivity contribution is -0.119. The van der Waals surface area contributed by atoms with E-state index in [1.54, 1.807) is 48.2 Å². The summed E-state index contributed by atoms with van der Waals surface area (Å²) in [6.07, 6.45) is 0.314. The molecule has 8 heteroatoms. The lowest BCUT2D eigenvalue weighted by Crippen LogP contribution is -2.47. The molecule has 1 aromatic rings. The average molecular weight is 379 g/mol. The number of hydrogen-bond donors (Lipinski definition) is 1. The molecule has 0 aromatic heterocycles. The van der Waals surface area contributed by atoms with Gasteiger partial charge < -0.3 is 20.0 Å². The zero-order valence-corrected chi connectivity index (χ0v) is 15.8. The normalized spacial score (nSPS) is 23.0. The summed E-state index contributed by atoms with van der Waals surface area (Å²) >= 11 is 5.91. The fraction of sp³-hybridized carbons (Fsp3) is 0.500. The van der Waals surface area contributed by atoms with Gasteiger partial charge in [-0.2, -0.15) is 0 Å². The van der Waals surface area contributed by atoms with E-state index in [9.17, 15) is 14.4 Å². The minimum absolute atomic E-state index is 0.0388. The second kappa shape index (κ2) is 7.15. The van der Waals surface area contributed by atoms with Crippen molar-refractivity contribution in [3.8, 4) is 0 Å². The van der Waals surface area contributed by atoms with E-state index in [-0.39, 0.29) is 17.8 Å². The Bertz CT molecular complexity index is 722. The van der Waals surface area contributed by atoms with E-state index < -0.39 is 5.41 Å². The summed E-state index contributed by atoms with van der Waals surface area (Å²) < 4.78 is 0. The zero-order chi connectivity index (χ0) is 18.9. The van der Waals surface area contributed by atoms with Crippen LogP contribution in [0.2, 0.25) is 5.02 Å². The van der Waals surface area contributed by atoms with Crippen LogP contribution in [0, 0.1) is 5.41 Å². The largest absolute Gasteiger partial charge is 0.355 e. The van der Waals surface area contributed by atoms with Gasteiger partial charge in [0.2, 0.25) is 5.91 Å². The maximum atomic E-state index is 13.0. The Morgan fingerprint density at radius 2 is 1.73 bits per heavy atom. The van der Waals surface area contributed by atoms with Gasteiger partial charge in [0.25, 0.3) is 5.91 Å². The van der Waals surface area contributed by atoms with E-state index in [1.165, 1.54) is 4.90 Å². The molecule has 2 aliphatic heterocycles. The summed E-state index contributed by atoms with van der Waals surface area (Å²) in [7, 11) is 3.41. The molecule has 7 nitrogen and oxygen atoms in total. The number of nitrogens with zero attached hydrogens (tertiary/aromatic N) is 3. The molecule has 1 aromatic carbocycles. The van der Waals surface area contributed by atoms with Crippen LogP contribution in [-0.4, -0.2) is 79.4 Å². The van der Waals surface area contributed by atoms with Gasteiger partial charge in [-0.3, -0.25) is 9.59 Å². The lowest BCUT2D eigenvalue weighted by Gasteiger charge is -2.33. The molecule has 1 spiro atoms. The minimum Gasteiger partial charge on any atom is -0.355 e. The Hall–Kier alpha value is -2.28. The van der Waals surface area contributed by atoms with Gasteiger partial charge in [-0.05, 0) is 24.3 Å². The van der Waals surface area contributed by atoms with Crippen LogP contribution in [0.1, 0.15) is 16.8 Å². The Labute approximate surface area is 157 Å². The molecule has 1 atom stereocenters. The first kappa shape index (κ1) is 18.5. The van der Waals surface area contributed by atoms with Crippen molar-refractivity contribution in [3.63, 3.8) is 0 Å². The molecule has 26 heavy (non-hydrogen) atoms. The number of amides is 4. The van der Waals surface area contributed by atoms with Gasteiger partial charge in [-0.15, -0.1) is 0 Å². The van der Waals surface area contributed by atoms with E-state index in [0.29, 0.717) is 49.7 Å². The van der Waals surface area contributed by atoms with Crippen molar-refractivity contribution < 1.29 is 14.4 Å². The third kappa shape index (κ3) is 3.77. The van der Waals surface area contributed by atoms with Crippen molar-refractivity contribution in [1.82, 2.24) is 20.0 Å². The molecule has 4 amide bonds. The van der Waals surface area contributed by atoms with E-state index in [4.69, 9.17) is 11.6 Å². The van der Waals surface area contributed by atoms with E-state index in [2.05, 4.69) is 5.32 Å². The van der Waals surface area contributed by atoms with Crippen molar-refractivity contribution in [1.29, 1.82) is 0 Å². The SMILES string of the molecule is CN(C)C(=O)N1CCN(C(=O)c2ccc(Cl)cc2)C[C@]2(CNC(=O)C2)C1. The third-order valence-corrected chi connectivity index (χ3v) is 5.17. The number of rotatable bonds is 1. The number of nitrogens with one attached hydrogen (secondary N) is 1. The summed E-state index contributed by atoms with van der Waals surface area (Å²) in [5, 5.41) is 3.43. The first-order valence-corrected chi connectivity index (χ1v) is 8.95. The third-order valence-electron chi connectivity index (χ3n) is 4.92. The molecule has 2 fully saturated rings. The second-order valence-corrected chi connectivity index (χ2v) is 7.72. The minimum atomic E-state index is -0.457. The Morgan fingerprint density at radius 1 is 1.12 bits per heavy atom. The predicted octanol–water partition coefficient (Wildman–Crippen LogP) is 1.29. The highest BCUT2D eigenvalue weighted by molar-refractivity contribution is 6.30. The summed E-state index contributed by atoms with van der Waals surface area (Å²) in [5.74, 6) is -0.150. The molecule has 1 N–H and O–H groups in total. The molecule has 0 saturated carbocycles. The van der Waals surface area contributed by atoms with Crippen LogP contribution in [0.15, 0.2) is 24.3 Å². The Balaban J connectivity index is 1.85. The number of urea groups is 1. The van der Waals surface area contributed by atoms with Crippen molar-refractivity contribution in [2.24, 2.45) is 5.41 Å². The van der Waals surface area contributed by atoms with Crippen LogP contribution in [-0.2, 0) is 4.79 Å². The number of halogens is 1. The maximum absolute atomic E-state index is 13.0.